The van der Waals surface area contributed by atoms with Gasteiger partial charge >= 0.3 is 11.9 Å². The predicted octanol–water partition coefficient (Wildman–Crippen LogP) is 6.52. The van der Waals surface area contributed by atoms with Crippen LogP contribution in [0.25, 0.3) is 11.1 Å². The van der Waals surface area contributed by atoms with E-state index >= 15 is 0 Å². The van der Waals surface area contributed by atoms with E-state index in [2.05, 4.69) is 32.6 Å². The molecule has 3 aromatic carbocycles. The van der Waals surface area contributed by atoms with Crippen molar-refractivity contribution in [2.75, 3.05) is 26.4 Å². The van der Waals surface area contributed by atoms with Gasteiger partial charge in [-0.3, -0.25) is 0 Å². The highest BCUT2D eigenvalue weighted by atomic mass is 16.5. The minimum Gasteiger partial charge on any atom is -0.491 e. The second-order valence-corrected chi connectivity index (χ2v) is 8.10. The fraction of sp³-hybridized carbons (Fsp3) is 0.267. The second kappa shape index (κ2) is 15.9. The molecule has 0 bridgehead atoms. The third kappa shape index (κ3) is 10.2. The number of hydrogen-bond donors (Lipinski definition) is 1. The lowest BCUT2D eigenvalue weighted by atomic mass is 10.0. The quantitative estimate of drug-likeness (QED) is 0.177. The standard InChI is InChI=1S/C18H20O2.C12H14O4/c1-3-14(2)13-20-18(19)17-11-9-16(10-12-17)15-7-5-4-6-8-15;1-2-7-15-8-9-16-11-5-3-10(4-6-11)12(13)14/h4-12,14H,3,13H2,1-2H3;2-6H,1,7-9H2,(H,13,14). The summed E-state index contributed by atoms with van der Waals surface area (Å²) in [4.78, 5) is 22.5. The van der Waals surface area contributed by atoms with E-state index in [0.717, 1.165) is 17.5 Å². The van der Waals surface area contributed by atoms with E-state index in [4.69, 9.17) is 19.3 Å². The minimum absolute atomic E-state index is 0.245. The Morgan fingerprint density at radius 1 is 0.889 bits per heavy atom. The number of ether oxygens (including phenoxy) is 3. The molecule has 1 atom stereocenters. The summed E-state index contributed by atoms with van der Waals surface area (Å²) in [6.07, 6.45) is 2.68. The van der Waals surface area contributed by atoms with E-state index in [9.17, 15) is 9.59 Å². The third-order valence-electron chi connectivity index (χ3n) is 5.26. The van der Waals surface area contributed by atoms with Gasteiger partial charge in [0.05, 0.1) is 30.9 Å². The Kier molecular flexibility index (Phi) is 12.5. The fourth-order valence-corrected chi connectivity index (χ4v) is 2.93. The summed E-state index contributed by atoms with van der Waals surface area (Å²) in [5.41, 5.74) is 3.10. The third-order valence-corrected chi connectivity index (χ3v) is 5.26. The van der Waals surface area contributed by atoms with Crippen LogP contribution in [-0.4, -0.2) is 43.5 Å². The molecule has 0 saturated carbocycles. The molecule has 0 fully saturated rings. The number of carboxylic acids is 1. The molecule has 1 unspecified atom stereocenters. The Bertz CT molecular complexity index is 1060. The Morgan fingerprint density at radius 2 is 1.50 bits per heavy atom. The van der Waals surface area contributed by atoms with Crippen molar-refractivity contribution in [2.45, 2.75) is 20.3 Å². The molecule has 0 radical (unpaired) electrons. The van der Waals surface area contributed by atoms with Gasteiger partial charge in [-0.1, -0.05) is 68.8 Å². The first-order valence-corrected chi connectivity index (χ1v) is 11.9. The van der Waals surface area contributed by atoms with E-state index in [0.29, 0.717) is 43.7 Å². The van der Waals surface area contributed by atoms with Gasteiger partial charge in [0.2, 0.25) is 0 Å². The van der Waals surface area contributed by atoms with Crippen molar-refractivity contribution >= 4 is 11.9 Å². The molecular formula is C30H34O6. The van der Waals surface area contributed by atoms with Gasteiger partial charge in [0.15, 0.2) is 0 Å². The number of carbonyl (C=O) groups excluding carboxylic acids is 1. The summed E-state index contributed by atoms with van der Waals surface area (Å²) < 4.78 is 15.8. The van der Waals surface area contributed by atoms with Crippen LogP contribution in [0.2, 0.25) is 0 Å². The smallest absolute Gasteiger partial charge is 0.338 e. The molecule has 1 N–H and O–H groups in total. The summed E-state index contributed by atoms with van der Waals surface area (Å²) in [5.74, 6) is -0.152. The van der Waals surface area contributed by atoms with Crippen molar-refractivity contribution < 1.29 is 28.9 Å². The maximum atomic E-state index is 11.9. The van der Waals surface area contributed by atoms with E-state index in [1.165, 1.54) is 12.1 Å². The summed E-state index contributed by atoms with van der Waals surface area (Å²) in [7, 11) is 0. The van der Waals surface area contributed by atoms with Gasteiger partial charge in [-0.05, 0) is 53.4 Å². The van der Waals surface area contributed by atoms with Crippen molar-refractivity contribution in [3.8, 4) is 16.9 Å². The van der Waals surface area contributed by atoms with Gasteiger partial charge in [0, 0.05) is 0 Å². The molecule has 6 nitrogen and oxygen atoms in total. The molecule has 0 aromatic heterocycles. The molecule has 0 spiro atoms. The first kappa shape index (κ1) is 28.3. The van der Waals surface area contributed by atoms with Crippen LogP contribution in [0.4, 0.5) is 0 Å². The molecule has 0 aliphatic heterocycles. The van der Waals surface area contributed by atoms with Crippen LogP contribution in [0.15, 0.2) is 91.5 Å². The summed E-state index contributed by atoms with van der Waals surface area (Å²) >= 11 is 0. The second-order valence-electron chi connectivity index (χ2n) is 8.10. The van der Waals surface area contributed by atoms with Gasteiger partial charge in [-0.2, -0.15) is 0 Å². The Morgan fingerprint density at radius 3 is 2.08 bits per heavy atom. The molecule has 6 heteroatoms. The van der Waals surface area contributed by atoms with E-state index in [1.807, 2.05) is 42.5 Å². The Hall–Kier alpha value is -3.90. The zero-order valence-electron chi connectivity index (χ0n) is 20.9. The highest BCUT2D eigenvalue weighted by molar-refractivity contribution is 5.90. The Labute approximate surface area is 213 Å². The van der Waals surface area contributed by atoms with Gasteiger partial charge < -0.3 is 19.3 Å². The number of hydrogen-bond acceptors (Lipinski definition) is 5. The van der Waals surface area contributed by atoms with Crippen molar-refractivity contribution in [2.24, 2.45) is 5.92 Å². The molecular weight excluding hydrogens is 456 g/mol. The molecule has 0 heterocycles. The zero-order chi connectivity index (χ0) is 26.2. The largest absolute Gasteiger partial charge is 0.491 e. The first-order chi connectivity index (χ1) is 17.4. The molecule has 3 aromatic rings. The topological polar surface area (TPSA) is 82.1 Å². The van der Waals surface area contributed by atoms with Gasteiger partial charge in [0.25, 0.3) is 0 Å². The van der Waals surface area contributed by atoms with Crippen molar-refractivity contribution in [1.82, 2.24) is 0 Å². The number of carbonyl (C=O) groups is 2. The molecule has 0 aliphatic carbocycles. The highest BCUT2D eigenvalue weighted by Crippen LogP contribution is 2.19. The summed E-state index contributed by atoms with van der Waals surface area (Å²) in [6, 6.07) is 23.9. The molecule has 0 saturated heterocycles. The molecule has 0 aliphatic rings. The van der Waals surface area contributed by atoms with Gasteiger partial charge in [-0.25, -0.2) is 9.59 Å². The van der Waals surface area contributed by atoms with Crippen LogP contribution in [0.3, 0.4) is 0 Å². The van der Waals surface area contributed by atoms with Gasteiger partial charge in [-0.15, -0.1) is 6.58 Å². The maximum absolute atomic E-state index is 11.9. The highest BCUT2D eigenvalue weighted by Gasteiger charge is 2.09. The first-order valence-electron chi connectivity index (χ1n) is 11.9. The molecule has 36 heavy (non-hydrogen) atoms. The van der Waals surface area contributed by atoms with E-state index in [-0.39, 0.29) is 11.5 Å². The minimum atomic E-state index is -0.944. The van der Waals surface area contributed by atoms with Crippen LogP contribution < -0.4 is 4.74 Å². The number of aromatic carboxylic acids is 1. The lowest BCUT2D eigenvalue weighted by Gasteiger charge is -2.10. The number of carboxylic acid groups (broad SMARTS) is 1. The van der Waals surface area contributed by atoms with Crippen LogP contribution >= 0.6 is 0 Å². The SMILES string of the molecule is C=CCOCCOc1ccc(C(=O)O)cc1.CCC(C)COC(=O)c1ccc(-c2ccccc2)cc1. The average molecular weight is 491 g/mol. The number of rotatable bonds is 12. The molecule has 3 rings (SSSR count). The average Bonchev–Trinajstić information content (AvgIpc) is 2.92. The Balaban J connectivity index is 0.000000261. The summed E-state index contributed by atoms with van der Waals surface area (Å²) in [6.45, 7) is 9.58. The van der Waals surface area contributed by atoms with E-state index in [1.54, 1.807) is 18.2 Å². The number of esters is 1. The summed E-state index contributed by atoms with van der Waals surface area (Å²) in [5, 5.41) is 8.68. The molecule has 190 valence electrons. The van der Waals surface area contributed by atoms with Crippen LogP contribution in [0.1, 0.15) is 41.0 Å². The predicted molar refractivity (Wildman–Crippen MR) is 142 cm³/mol. The molecule has 0 amide bonds. The zero-order valence-corrected chi connectivity index (χ0v) is 20.9. The van der Waals surface area contributed by atoms with Crippen LogP contribution in [-0.2, 0) is 9.47 Å². The van der Waals surface area contributed by atoms with Crippen LogP contribution in [0, 0.1) is 5.92 Å². The lowest BCUT2D eigenvalue weighted by molar-refractivity contribution is 0.0447. The van der Waals surface area contributed by atoms with Crippen molar-refractivity contribution in [3.05, 3.63) is 103 Å². The van der Waals surface area contributed by atoms with Crippen molar-refractivity contribution in [1.29, 1.82) is 0 Å². The maximum Gasteiger partial charge on any atom is 0.338 e. The monoisotopic (exact) mass is 490 g/mol. The lowest BCUT2D eigenvalue weighted by Crippen LogP contribution is -2.11. The normalized spacial score (nSPS) is 10.9. The fourth-order valence-electron chi connectivity index (χ4n) is 2.93. The van der Waals surface area contributed by atoms with Crippen molar-refractivity contribution in [3.63, 3.8) is 0 Å². The van der Waals surface area contributed by atoms with Crippen LogP contribution in [0.5, 0.6) is 5.75 Å². The van der Waals surface area contributed by atoms with E-state index < -0.39 is 5.97 Å². The van der Waals surface area contributed by atoms with Gasteiger partial charge in [0.1, 0.15) is 12.4 Å². The number of benzene rings is 3.